The lowest BCUT2D eigenvalue weighted by Crippen LogP contribution is -2.32. The molecular weight excluding hydrogens is 240 g/mol. The van der Waals surface area contributed by atoms with Crippen LogP contribution >= 0.6 is 11.6 Å². The summed E-state index contributed by atoms with van der Waals surface area (Å²) in [5.74, 6) is -0.517. The molecule has 0 aromatic heterocycles. The molecule has 86 valence electrons. The van der Waals surface area contributed by atoms with E-state index in [9.17, 15) is 4.79 Å². The van der Waals surface area contributed by atoms with Crippen molar-refractivity contribution in [2.45, 2.75) is 0 Å². The van der Waals surface area contributed by atoms with E-state index in [1.54, 1.807) is 6.07 Å². The predicted molar refractivity (Wildman–Crippen MR) is 63.0 cm³/mol. The fraction of sp³-hybridized carbons (Fsp3) is 0.182. The summed E-state index contributed by atoms with van der Waals surface area (Å²) >= 11 is 5.88. The molecular formula is C11H9ClN4O. The van der Waals surface area contributed by atoms with Gasteiger partial charge in [0.15, 0.2) is 0 Å². The van der Waals surface area contributed by atoms with E-state index in [0.29, 0.717) is 0 Å². The van der Waals surface area contributed by atoms with Crippen molar-refractivity contribution in [2.24, 2.45) is 0 Å². The van der Waals surface area contributed by atoms with Gasteiger partial charge in [0.2, 0.25) is 0 Å². The molecule has 1 aromatic rings. The monoisotopic (exact) mass is 248 g/mol. The lowest BCUT2D eigenvalue weighted by Gasteiger charge is -2.17. The molecule has 0 aliphatic carbocycles. The Morgan fingerprint density at radius 2 is 1.94 bits per heavy atom. The third-order valence-corrected chi connectivity index (χ3v) is 2.39. The number of hydrogen-bond acceptors (Lipinski definition) is 4. The summed E-state index contributed by atoms with van der Waals surface area (Å²) in [7, 11) is 0. The largest absolute Gasteiger partial charge is 0.398 e. The average molecular weight is 249 g/mol. The minimum atomic E-state index is -0.517. The van der Waals surface area contributed by atoms with E-state index < -0.39 is 5.91 Å². The van der Waals surface area contributed by atoms with Crippen molar-refractivity contribution in [3.05, 3.63) is 28.8 Å². The molecule has 0 aliphatic heterocycles. The number of carbonyl (C=O) groups excluding carboxylic acids is 1. The van der Waals surface area contributed by atoms with E-state index in [2.05, 4.69) is 0 Å². The molecule has 0 aliphatic rings. The number of nitriles is 2. The third-order valence-electron chi connectivity index (χ3n) is 2.07. The molecule has 2 N–H and O–H groups in total. The molecule has 0 unspecified atom stereocenters. The molecule has 6 heteroatoms. The number of nitrogens with zero attached hydrogens (tertiary/aromatic N) is 3. The summed E-state index contributed by atoms with van der Waals surface area (Å²) in [6, 6.07) is 8.31. The quantitative estimate of drug-likeness (QED) is 0.646. The lowest BCUT2D eigenvalue weighted by molar-refractivity contribution is 0.0796. The van der Waals surface area contributed by atoms with Crippen LogP contribution in [0.3, 0.4) is 0 Å². The Balaban J connectivity index is 3.11. The molecule has 1 rings (SSSR count). The summed E-state index contributed by atoms with van der Waals surface area (Å²) < 4.78 is 0. The molecule has 1 amide bonds. The Bertz CT molecular complexity index is 479. The third kappa shape index (κ3) is 2.87. The van der Waals surface area contributed by atoms with Crippen LogP contribution in [0.4, 0.5) is 5.69 Å². The summed E-state index contributed by atoms with van der Waals surface area (Å²) in [6.07, 6.45) is 0. The van der Waals surface area contributed by atoms with Crippen LogP contribution in [0.5, 0.6) is 0 Å². The Hall–Kier alpha value is -2.24. The first kappa shape index (κ1) is 12.8. The van der Waals surface area contributed by atoms with E-state index in [1.807, 2.05) is 12.1 Å². The molecule has 0 radical (unpaired) electrons. The maximum atomic E-state index is 12.0. The number of halogens is 1. The number of amides is 1. The van der Waals surface area contributed by atoms with Gasteiger partial charge in [-0.25, -0.2) is 0 Å². The van der Waals surface area contributed by atoms with Gasteiger partial charge in [-0.3, -0.25) is 4.79 Å². The van der Waals surface area contributed by atoms with Crippen LogP contribution in [0.15, 0.2) is 18.2 Å². The Kier molecular flexibility index (Phi) is 4.33. The van der Waals surface area contributed by atoms with Crippen molar-refractivity contribution >= 4 is 23.2 Å². The van der Waals surface area contributed by atoms with Crippen molar-refractivity contribution in [2.75, 3.05) is 18.8 Å². The van der Waals surface area contributed by atoms with Gasteiger partial charge >= 0.3 is 0 Å². The van der Waals surface area contributed by atoms with Gasteiger partial charge in [0.1, 0.15) is 13.1 Å². The van der Waals surface area contributed by atoms with Crippen LogP contribution in [-0.2, 0) is 0 Å². The number of carbonyl (C=O) groups is 1. The first-order valence-corrected chi connectivity index (χ1v) is 5.06. The molecule has 17 heavy (non-hydrogen) atoms. The molecule has 0 fully saturated rings. The highest BCUT2D eigenvalue weighted by molar-refractivity contribution is 6.34. The normalized spacial score (nSPS) is 9.12. The van der Waals surface area contributed by atoms with Crippen LogP contribution in [0.1, 0.15) is 10.4 Å². The lowest BCUT2D eigenvalue weighted by atomic mass is 10.1. The first-order valence-electron chi connectivity index (χ1n) is 4.69. The van der Waals surface area contributed by atoms with Gasteiger partial charge in [0.25, 0.3) is 5.91 Å². The molecule has 0 atom stereocenters. The number of nitrogen functional groups attached to an aromatic ring is 1. The van der Waals surface area contributed by atoms with E-state index >= 15 is 0 Å². The number of nitrogens with two attached hydrogens (primary N) is 1. The van der Waals surface area contributed by atoms with Gasteiger partial charge in [-0.1, -0.05) is 17.7 Å². The standard InChI is InChI=1S/C11H9ClN4O/c12-8-2-1-3-9(15)10(8)11(17)16(6-4-13)7-5-14/h1-3H,6-7,15H2. The number of benzene rings is 1. The number of anilines is 1. The van der Waals surface area contributed by atoms with Gasteiger partial charge in [0, 0.05) is 5.69 Å². The Morgan fingerprint density at radius 3 is 2.41 bits per heavy atom. The molecule has 1 aromatic carbocycles. The fourth-order valence-electron chi connectivity index (χ4n) is 1.29. The van der Waals surface area contributed by atoms with E-state index in [-0.39, 0.29) is 29.4 Å². The SMILES string of the molecule is N#CCN(CC#N)C(=O)c1c(N)cccc1Cl. The zero-order valence-corrected chi connectivity index (χ0v) is 9.61. The molecule has 0 saturated carbocycles. The molecule has 0 saturated heterocycles. The maximum Gasteiger partial charge on any atom is 0.259 e. The van der Waals surface area contributed by atoms with E-state index in [4.69, 9.17) is 27.9 Å². The van der Waals surface area contributed by atoms with Crippen LogP contribution in [0.2, 0.25) is 5.02 Å². The molecule has 0 spiro atoms. The van der Waals surface area contributed by atoms with Crippen molar-refractivity contribution in [3.63, 3.8) is 0 Å². The second kappa shape index (κ2) is 5.74. The van der Waals surface area contributed by atoms with E-state index in [0.717, 1.165) is 4.90 Å². The minimum absolute atomic E-state index is 0.125. The number of rotatable bonds is 3. The van der Waals surface area contributed by atoms with Gasteiger partial charge < -0.3 is 10.6 Å². The Labute approximate surface area is 104 Å². The molecule has 0 heterocycles. The maximum absolute atomic E-state index is 12.0. The highest BCUT2D eigenvalue weighted by Gasteiger charge is 2.20. The van der Waals surface area contributed by atoms with Crippen LogP contribution in [0, 0.1) is 22.7 Å². The zero-order chi connectivity index (χ0) is 12.8. The van der Waals surface area contributed by atoms with Crippen LogP contribution in [0.25, 0.3) is 0 Å². The van der Waals surface area contributed by atoms with Crippen molar-refractivity contribution in [1.29, 1.82) is 10.5 Å². The fourth-order valence-corrected chi connectivity index (χ4v) is 1.56. The topological polar surface area (TPSA) is 93.9 Å². The van der Waals surface area contributed by atoms with E-state index in [1.165, 1.54) is 12.1 Å². The molecule has 5 nitrogen and oxygen atoms in total. The average Bonchev–Trinajstić information content (AvgIpc) is 2.28. The summed E-state index contributed by atoms with van der Waals surface area (Å²) in [5, 5.41) is 17.4. The minimum Gasteiger partial charge on any atom is -0.398 e. The zero-order valence-electron chi connectivity index (χ0n) is 8.85. The van der Waals surface area contributed by atoms with Crippen LogP contribution in [-0.4, -0.2) is 23.9 Å². The highest BCUT2D eigenvalue weighted by atomic mass is 35.5. The van der Waals surface area contributed by atoms with Gasteiger partial charge in [0.05, 0.1) is 22.7 Å². The summed E-state index contributed by atoms with van der Waals surface area (Å²) in [6.45, 7) is -0.367. The van der Waals surface area contributed by atoms with Gasteiger partial charge in [-0.2, -0.15) is 10.5 Å². The second-order valence-corrected chi connectivity index (χ2v) is 3.59. The smallest absolute Gasteiger partial charge is 0.259 e. The van der Waals surface area contributed by atoms with Crippen molar-refractivity contribution in [1.82, 2.24) is 4.90 Å². The Morgan fingerprint density at radius 1 is 1.35 bits per heavy atom. The van der Waals surface area contributed by atoms with Crippen LogP contribution < -0.4 is 5.73 Å². The molecule has 0 bridgehead atoms. The number of hydrogen-bond donors (Lipinski definition) is 1. The second-order valence-electron chi connectivity index (χ2n) is 3.18. The predicted octanol–water partition coefficient (Wildman–Crippen LogP) is 1.41. The van der Waals surface area contributed by atoms with Gasteiger partial charge in [-0.05, 0) is 12.1 Å². The van der Waals surface area contributed by atoms with Crippen molar-refractivity contribution in [3.8, 4) is 12.1 Å². The highest BCUT2D eigenvalue weighted by Crippen LogP contribution is 2.23. The summed E-state index contributed by atoms with van der Waals surface area (Å²) in [4.78, 5) is 13.1. The van der Waals surface area contributed by atoms with Crippen molar-refractivity contribution < 1.29 is 4.79 Å². The van der Waals surface area contributed by atoms with Gasteiger partial charge in [-0.15, -0.1) is 0 Å². The first-order chi connectivity index (χ1) is 8.11. The summed E-state index contributed by atoms with van der Waals surface area (Å²) in [5.41, 5.74) is 6.00.